The van der Waals surface area contributed by atoms with E-state index in [1.807, 2.05) is 11.8 Å². The summed E-state index contributed by atoms with van der Waals surface area (Å²) in [6.07, 6.45) is 1.76. The molecule has 0 bridgehead atoms. The van der Waals surface area contributed by atoms with Crippen LogP contribution in [0.5, 0.6) is 0 Å². The first-order valence-corrected chi connectivity index (χ1v) is 6.90. The molecule has 2 rings (SSSR count). The maximum absolute atomic E-state index is 11.0. The molecule has 0 aromatic carbocycles. The number of aliphatic hydroxyl groups is 1. The van der Waals surface area contributed by atoms with Gasteiger partial charge in [-0.2, -0.15) is 0 Å². The van der Waals surface area contributed by atoms with Crippen molar-refractivity contribution in [1.29, 1.82) is 0 Å². The molecule has 2 heterocycles. The molecule has 1 aromatic rings. The monoisotopic (exact) mass is 280 g/mol. The zero-order valence-corrected chi connectivity index (χ0v) is 11.6. The molecule has 1 atom stereocenters. The van der Waals surface area contributed by atoms with Gasteiger partial charge in [-0.3, -0.25) is 10.1 Å². The minimum atomic E-state index is -0.396. The molecule has 20 heavy (non-hydrogen) atoms. The number of anilines is 2. The van der Waals surface area contributed by atoms with Crippen molar-refractivity contribution in [3.63, 3.8) is 0 Å². The summed E-state index contributed by atoms with van der Waals surface area (Å²) in [6.45, 7) is 4.39. The third-order valence-electron chi connectivity index (χ3n) is 3.51. The van der Waals surface area contributed by atoms with Crippen molar-refractivity contribution in [2.45, 2.75) is 19.8 Å². The molecule has 1 fully saturated rings. The first-order chi connectivity index (χ1) is 9.63. The molecular formula is C13H20N4O3. The second-order valence-corrected chi connectivity index (χ2v) is 4.97. The summed E-state index contributed by atoms with van der Waals surface area (Å²) in [5.41, 5.74) is 0.0524. The fourth-order valence-corrected chi connectivity index (χ4v) is 2.50. The molecule has 1 saturated heterocycles. The minimum absolute atomic E-state index is 0.0524. The number of nitro groups is 1. The number of aliphatic hydroxyl groups excluding tert-OH is 1. The van der Waals surface area contributed by atoms with Gasteiger partial charge in [-0.05, 0) is 25.7 Å². The summed E-state index contributed by atoms with van der Waals surface area (Å²) in [5, 5.41) is 23.0. The SMILES string of the molecule is CCNc1cc([N+](=O)[O-])cc(N2CCC(CCO)C2)n1. The van der Waals surface area contributed by atoms with Crippen LogP contribution in [0.1, 0.15) is 19.8 Å². The van der Waals surface area contributed by atoms with Crippen LogP contribution in [0.15, 0.2) is 12.1 Å². The van der Waals surface area contributed by atoms with Gasteiger partial charge in [0.05, 0.1) is 17.1 Å². The van der Waals surface area contributed by atoms with Gasteiger partial charge >= 0.3 is 0 Å². The summed E-state index contributed by atoms with van der Waals surface area (Å²) in [6, 6.07) is 2.97. The number of aromatic nitrogens is 1. The lowest BCUT2D eigenvalue weighted by Crippen LogP contribution is -2.21. The normalized spacial score (nSPS) is 18.3. The minimum Gasteiger partial charge on any atom is -0.396 e. The van der Waals surface area contributed by atoms with Crippen LogP contribution in [0.25, 0.3) is 0 Å². The average molecular weight is 280 g/mol. The Morgan fingerprint density at radius 1 is 1.60 bits per heavy atom. The fraction of sp³-hybridized carbons (Fsp3) is 0.615. The molecule has 2 N–H and O–H groups in total. The molecule has 7 nitrogen and oxygen atoms in total. The largest absolute Gasteiger partial charge is 0.396 e. The van der Waals surface area contributed by atoms with Crippen molar-refractivity contribution < 1.29 is 10.0 Å². The van der Waals surface area contributed by atoms with Crippen LogP contribution in [0, 0.1) is 16.0 Å². The fourth-order valence-electron chi connectivity index (χ4n) is 2.50. The molecule has 0 saturated carbocycles. The van der Waals surface area contributed by atoms with Crippen LogP contribution >= 0.6 is 0 Å². The van der Waals surface area contributed by atoms with E-state index in [9.17, 15) is 10.1 Å². The Kier molecular flexibility index (Phi) is 4.73. The predicted octanol–water partition coefficient (Wildman–Crippen LogP) is 1.63. The van der Waals surface area contributed by atoms with Crippen LogP contribution in [-0.2, 0) is 0 Å². The molecule has 7 heteroatoms. The highest BCUT2D eigenvalue weighted by Gasteiger charge is 2.24. The van der Waals surface area contributed by atoms with Gasteiger partial charge in [-0.25, -0.2) is 4.98 Å². The smallest absolute Gasteiger partial charge is 0.276 e. The molecule has 0 aliphatic carbocycles. The maximum atomic E-state index is 11.0. The summed E-state index contributed by atoms with van der Waals surface area (Å²) in [4.78, 5) is 17.1. The Morgan fingerprint density at radius 2 is 2.40 bits per heavy atom. The number of hydrogen-bond donors (Lipinski definition) is 2. The van der Waals surface area contributed by atoms with Crippen LogP contribution in [-0.4, -0.2) is 41.3 Å². The topological polar surface area (TPSA) is 91.5 Å². The highest BCUT2D eigenvalue weighted by Crippen LogP contribution is 2.28. The Balaban J connectivity index is 2.20. The van der Waals surface area contributed by atoms with E-state index in [4.69, 9.17) is 5.11 Å². The van der Waals surface area contributed by atoms with Crippen LogP contribution < -0.4 is 10.2 Å². The quantitative estimate of drug-likeness (QED) is 0.608. The van der Waals surface area contributed by atoms with Gasteiger partial charge in [0.15, 0.2) is 0 Å². The molecule has 1 aromatic heterocycles. The highest BCUT2D eigenvalue weighted by molar-refractivity contribution is 5.56. The van der Waals surface area contributed by atoms with Crippen molar-refractivity contribution in [3.05, 3.63) is 22.2 Å². The highest BCUT2D eigenvalue weighted by atomic mass is 16.6. The predicted molar refractivity (Wildman–Crippen MR) is 77.1 cm³/mol. The van der Waals surface area contributed by atoms with E-state index in [0.29, 0.717) is 24.1 Å². The molecular weight excluding hydrogens is 260 g/mol. The lowest BCUT2D eigenvalue weighted by atomic mass is 10.1. The van der Waals surface area contributed by atoms with Crippen LogP contribution in [0.3, 0.4) is 0 Å². The van der Waals surface area contributed by atoms with E-state index in [-0.39, 0.29) is 12.3 Å². The van der Waals surface area contributed by atoms with Crippen molar-refractivity contribution in [1.82, 2.24) is 4.98 Å². The number of rotatable bonds is 6. The van der Waals surface area contributed by atoms with Gasteiger partial charge in [-0.15, -0.1) is 0 Å². The Bertz CT molecular complexity index is 481. The zero-order chi connectivity index (χ0) is 14.5. The molecule has 110 valence electrons. The van der Waals surface area contributed by atoms with Gasteiger partial charge < -0.3 is 15.3 Å². The summed E-state index contributed by atoms with van der Waals surface area (Å²) in [7, 11) is 0. The average Bonchev–Trinajstić information content (AvgIpc) is 2.88. The lowest BCUT2D eigenvalue weighted by Gasteiger charge is -2.18. The summed E-state index contributed by atoms with van der Waals surface area (Å²) >= 11 is 0. The Morgan fingerprint density at radius 3 is 3.05 bits per heavy atom. The zero-order valence-electron chi connectivity index (χ0n) is 11.6. The number of nitrogens with zero attached hydrogens (tertiary/aromatic N) is 3. The van der Waals surface area contributed by atoms with E-state index in [1.54, 1.807) is 0 Å². The third-order valence-corrected chi connectivity index (χ3v) is 3.51. The van der Waals surface area contributed by atoms with Gasteiger partial charge in [0.1, 0.15) is 11.6 Å². The standard InChI is InChI=1S/C13H20N4O3/c1-2-14-12-7-11(17(19)20)8-13(15-12)16-5-3-10(9-16)4-6-18/h7-8,10,18H,2-6,9H2,1H3,(H,14,15). The van der Waals surface area contributed by atoms with Crippen LogP contribution in [0.2, 0.25) is 0 Å². The maximum Gasteiger partial charge on any atom is 0.276 e. The molecule has 1 aliphatic heterocycles. The Labute approximate surface area is 117 Å². The van der Waals surface area contributed by atoms with Crippen molar-refractivity contribution in [3.8, 4) is 0 Å². The summed E-state index contributed by atoms with van der Waals surface area (Å²) in [5.74, 6) is 1.60. The van der Waals surface area contributed by atoms with E-state index >= 15 is 0 Å². The first kappa shape index (κ1) is 14.5. The van der Waals surface area contributed by atoms with Crippen molar-refractivity contribution in [2.24, 2.45) is 5.92 Å². The Hall–Kier alpha value is -1.89. The van der Waals surface area contributed by atoms with Crippen LogP contribution in [0.4, 0.5) is 17.3 Å². The molecule has 0 radical (unpaired) electrons. The van der Waals surface area contributed by atoms with Gasteiger partial charge in [0.2, 0.25) is 0 Å². The number of nitrogens with one attached hydrogen (secondary N) is 1. The lowest BCUT2D eigenvalue weighted by molar-refractivity contribution is -0.384. The van der Waals surface area contributed by atoms with E-state index in [1.165, 1.54) is 12.1 Å². The first-order valence-electron chi connectivity index (χ1n) is 6.90. The molecule has 1 unspecified atom stereocenters. The molecule has 0 spiro atoms. The van der Waals surface area contributed by atoms with E-state index in [0.717, 1.165) is 25.9 Å². The second-order valence-electron chi connectivity index (χ2n) is 4.97. The third kappa shape index (κ3) is 3.36. The molecule has 0 amide bonds. The van der Waals surface area contributed by atoms with Crippen molar-refractivity contribution in [2.75, 3.05) is 36.5 Å². The number of pyridine rings is 1. The van der Waals surface area contributed by atoms with Gasteiger partial charge in [0, 0.05) is 26.2 Å². The van der Waals surface area contributed by atoms with E-state index in [2.05, 4.69) is 10.3 Å². The van der Waals surface area contributed by atoms with Gasteiger partial charge in [0.25, 0.3) is 5.69 Å². The summed E-state index contributed by atoms with van der Waals surface area (Å²) < 4.78 is 0. The second kappa shape index (κ2) is 6.51. The van der Waals surface area contributed by atoms with E-state index < -0.39 is 4.92 Å². The van der Waals surface area contributed by atoms with Crippen molar-refractivity contribution >= 4 is 17.3 Å². The number of hydrogen-bond acceptors (Lipinski definition) is 6. The molecule has 1 aliphatic rings. The van der Waals surface area contributed by atoms with Gasteiger partial charge in [-0.1, -0.05) is 0 Å².